The van der Waals surface area contributed by atoms with Crippen molar-refractivity contribution >= 4 is 11.3 Å². The Hall–Kier alpha value is -1.91. The number of benzene rings is 1. The summed E-state index contributed by atoms with van der Waals surface area (Å²) < 4.78 is 2.01. The lowest BCUT2D eigenvalue weighted by molar-refractivity contribution is 0.577. The molecule has 3 nitrogen and oxygen atoms in total. The highest BCUT2D eigenvalue weighted by Crippen LogP contribution is 2.16. The van der Waals surface area contributed by atoms with Gasteiger partial charge in [0, 0.05) is 24.1 Å². The van der Waals surface area contributed by atoms with E-state index in [-0.39, 0.29) is 0 Å². The zero-order valence-corrected chi connectivity index (χ0v) is 12.9. The summed E-state index contributed by atoms with van der Waals surface area (Å²) in [6.45, 7) is 3.21. The van der Waals surface area contributed by atoms with E-state index in [4.69, 9.17) is 0 Å². The highest BCUT2D eigenvalue weighted by atomic mass is 32.1. The third kappa shape index (κ3) is 3.60. The molecule has 0 radical (unpaired) electrons. The van der Waals surface area contributed by atoms with E-state index in [1.807, 2.05) is 17.1 Å². The van der Waals surface area contributed by atoms with E-state index < -0.39 is 0 Å². The van der Waals surface area contributed by atoms with Crippen LogP contribution in [0.4, 0.5) is 0 Å². The predicted octanol–water partition coefficient (Wildman–Crippen LogP) is 3.83. The molecule has 0 aliphatic rings. The molecule has 0 aliphatic heterocycles. The second-order valence-electron chi connectivity index (χ2n) is 5.12. The topological polar surface area (TPSA) is 29.9 Å². The number of thiophene rings is 1. The maximum Gasteiger partial charge on any atom is 0.0991 e. The molecule has 0 fully saturated rings. The number of imidazole rings is 1. The molecule has 0 spiro atoms. The fourth-order valence-electron chi connectivity index (χ4n) is 2.33. The Bertz CT molecular complexity index is 642. The van der Waals surface area contributed by atoms with Crippen molar-refractivity contribution in [1.82, 2.24) is 14.9 Å². The lowest BCUT2D eigenvalue weighted by atomic mass is 10.1. The van der Waals surface area contributed by atoms with E-state index in [0.717, 1.165) is 18.7 Å². The van der Waals surface area contributed by atoms with Crippen LogP contribution >= 0.6 is 11.3 Å². The molecule has 3 rings (SSSR count). The normalized spacial score (nSPS) is 12.4. The fourth-order valence-corrected chi connectivity index (χ4v) is 3.04. The monoisotopic (exact) mass is 297 g/mol. The van der Waals surface area contributed by atoms with Gasteiger partial charge in [0.25, 0.3) is 0 Å². The Labute approximate surface area is 129 Å². The summed E-state index contributed by atoms with van der Waals surface area (Å²) in [5.41, 5.74) is 3.86. The highest BCUT2D eigenvalue weighted by Gasteiger charge is 2.05. The molecule has 0 bridgehead atoms. The number of nitrogens with one attached hydrogen (secondary N) is 1. The van der Waals surface area contributed by atoms with Crippen LogP contribution in [-0.2, 0) is 6.42 Å². The average Bonchev–Trinajstić information content (AvgIpc) is 3.21. The molecule has 1 aromatic carbocycles. The van der Waals surface area contributed by atoms with Gasteiger partial charge in [-0.05, 0) is 60.0 Å². The lowest BCUT2D eigenvalue weighted by Crippen LogP contribution is -2.21. The van der Waals surface area contributed by atoms with Gasteiger partial charge in [-0.2, -0.15) is 11.3 Å². The molecule has 2 heterocycles. The minimum Gasteiger partial charge on any atom is -0.310 e. The Morgan fingerprint density at radius 3 is 2.76 bits per heavy atom. The van der Waals surface area contributed by atoms with E-state index in [0.29, 0.717) is 6.04 Å². The van der Waals surface area contributed by atoms with Gasteiger partial charge < -0.3 is 9.88 Å². The molecule has 0 amide bonds. The third-order valence-corrected chi connectivity index (χ3v) is 4.37. The highest BCUT2D eigenvalue weighted by molar-refractivity contribution is 7.07. The zero-order valence-electron chi connectivity index (χ0n) is 12.1. The van der Waals surface area contributed by atoms with Gasteiger partial charge in [-0.25, -0.2) is 4.98 Å². The van der Waals surface area contributed by atoms with Gasteiger partial charge in [-0.15, -0.1) is 0 Å². The van der Waals surface area contributed by atoms with E-state index in [2.05, 4.69) is 58.3 Å². The fraction of sp³-hybridized carbons (Fsp3) is 0.235. The molecule has 21 heavy (non-hydrogen) atoms. The standard InChI is InChI=1S/C17H19N3S/c1-14(19-8-6-15-7-11-21-12-15)16-2-4-17(5-3-16)20-10-9-18-13-20/h2-5,7,9-14,19H,6,8H2,1H3. The van der Waals surface area contributed by atoms with Gasteiger partial charge in [0.05, 0.1) is 6.33 Å². The van der Waals surface area contributed by atoms with Gasteiger partial charge in [-0.3, -0.25) is 0 Å². The first-order valence-corrected chi connectivity index (χ1v) is 8.10. The van der Waals surface area contributed by atoms with Crippen LogP contribution in [0.15, 0.2) is 59.8 Å². The average molecular weight is 297 g/mol. The summed E-state index contributed by atoms with van der Waals surface area (Å²) in [5, 5.41) is 7.92. The first-order chi connectivity index (χ1) is 10.3. The summed E-state index contributed by atoms with van der Waals surface area (Å²) in [6.07, 6.45) is 6.65. The first-order valence-electron chi connectivity index (χ1n) is 7.15. The van der Waals surface area contributed by atoms with Crippen LogP contribution in [-0.4, -0.2) is 16.1 Å². The van der Waals surface area contributed by atoms with Crippen LogP contribution < -0.4 is 5.32 Å². The number of nitrogens with zero attached hydrogens (tertiary/aromatic N) is 2. The van der Waals surface area contributed by atoms with Crippen molar-refractivity contribution < 1.29 is 0 Å². The Balaban J connectivity index is 1.56. The molecule has 1 unspecified atom stereocenters. The summed E-state index contributed by atoms with van der Waals surface area (Å²) in [4.78, 5) is 4.07. The summed E-state index contributed by atoms with van der Waals surface area (Å²) in [7, 11) is 0. The Morgan fingerprint density at radius 1 is 1.24 bits per heavy atom. The van der Waals surface area contributed by atoms with Crippen molar-refractivity contribution in [3.8, 4) is 5.69 Å². The smallest absolute Gasteiger partial charge is 0.0991 e. The molecule has 1 N–H and O–H groups in total. The van der Waals surface area contributed by atoms with Crippen molar-refractivity contribution in [1.29, 1.82) is 0 Å². The van der Waals surface area contributed by atoms with Crippen molar-refractivity contribution in [2.75, 3.05) is 6.54 Å². The molecular formula is C17H19N3S. The Morgan fingerprint density at radius 2 is 2.10 bits per heavy atom. The van der Waals surface area contributed by atoms with Crippen LogP contribution in [0.3, 0.4) is 0 Å². The van der Waals surface area contributed by atoms with E-state index >= 15 is 0 Å². The van der Waals surface area contributed by atoms with Crippen LogP contribution in [0.25, 0.3) is 5.69 Å². The van der Waals surface area contributed by atoms with E-state index in [9.17, 15) is 0 Å². The molecule has 108 valence electrons. The van der Waals surface area contributed by atoms with Gasteiger partial charge >= 0.3 is 0 Å². The third-order valence-electron chi connectivity index (χ3n) is 3.64. The van der Waals surface area contributed by atoms with Crippen molar-refractivity contribution in [3.63, 3.8) is 0 Å². The molecule has 1 atom stereocenters. The maximum absolute atomic E-state index is 4.07. The van der Waals surface area contributed by atoms with Gasteiger partial charge in [0.1, 0.15) is 0 Å². The number of hydrogen-bond donors (Lipinski definition) is 1. The largest absolute Gasteiger partial charge is 0.310 e. The number of hydrogen-bond acceptors (Lipinski definition) is 3. The summed E-state index contributed by atoms with van der Waals surface area (Å²) in [6, 6.07) is 11.2. The zero-order chi connectivity index (χ0) is 14.5. The van der Waals surface area contributed by atoms with Crippen LogP contribution in [0.1, 0.15) is 24.1 Å². The number of aromatic nitrogens is 2. The Kier molecular flexibility index (Phi) is 4.48. The molecule has 4 heteroatoms. The van der Waals surface area contributed by atoms with Crippen molar-refractivity contribution in [2.24, 2.45) is 0 Å². The quantitative estimate of drug-likeness (QED) is 0.749. The van der Waals surface area contributed by atoms with E-state index in [1.165, 1.54) is 11.1 Å². The number of rotatable bonds is 6. The molecule has 3 aromatic rings. The predicted molar refractivity (Wildman–Crippen MR) is 88.0 cm³/mol. The summed E-state index contributed by atoms with van der Waals surface area (Å²) >= 11 is 1.76. The lowest BCUT2D eigenvalue weighted by Gasteiger charge is -2.14. The molecular weight excluding hydrogens is 278 g/mol. The van der Waals surface area contributed by atoms with Crippen LogP contribution in [0, 0.1) is 0 Å². The second-order valence-corrected chi connectivity index (χ2v) is 5.90. The van der Waals surface area contributed by atoms with Gasteiger partial charge in [-0.1, -0.05) is 12.1 Å². The van der Waals surface area contributed by atoms with Crippen LogP contribution in [0.5, 0.6) is 0 Å². The first kappa shape index (κ1) is 14.0. The minimum atomic E-state index is 0.362. The van der Waals surface area contributed by atoms with Gasteiger partial charge in [0.2, 0.25) is 0 Å². The van der Waals surface area contributed by atoms with Crippen molar-refractivity contribution in [2.45, 2.75) is 19.4 Å². The second kappa shape index (κ2) is 6.70. The SMILES string of the molecule is CC(NCCc1ccsc1)c1ccc(-n2ccnc2)cc1. The molecule has 0 saturated carbocycles. The van der Waals surface area contributed by atoms with Crippen molar-refractivity contribution in [3.05, 3.63) is 70.9 Å². The molecule has 0 saturated heterocycles. The molecule has 2 aromatic heterocycles. The molecule has 0 aliphatic carbocycles. The summed E-state index contributed by atoms with van der Waals surface area (Å²) in [5.74, 6) is 0. The van der Waals surface area contributed by atoms with E-state index in [1.54, 1.807) is 17.5 Å². The van der Waals surface area contributed by atoms with Crippen LogP contribution in [0.2, 0.25) is 0 Å². The minimum absolute atomic E-state index is 0.362. The maximum atomic E-state index is 4.07. The van der Waals surface area contributed by atoms with Gasteiger partial charge in [0.15, 0.2) is 0 Å².